The van der Waals surface area contributed by atoms with Gasteiger partial charge in [0.2, 0.25) is 0 Å². The SMILES string of the molecule is O=C(c1ccccc1)c1c(-c2ccccc2)n(C(=O)c2ccccc2)c2cc(N([O-])O)ccc12. The highest BCUT2D eigenvalue weighted by Crippen LogP contribution is 2.37. The highest BCUT2D eigenvalue weighted by Gasteiger charge is 2.28. The Morgan fingerprint density at radius 2 is 1.29 bits per heavy atom. The normalized spacial score (nSPS) is 10.9. The summed E-state index contributed by atoms with van der Waals surface area (Å²) in [6, 6.07) is 31.2. The van der Waals surface area contributed by atoms with E-state index in [1.165, 1.54) is 16.7 Å². The van der Waals surface area contributed by atoms with E-state index in [-0.39, 0.29) is 22.6 Å². The third kappa shape index (κ3) is 3.67. The Balaban J connectivity index is 1.90. The standard InChI is InChI=1S/C28H19N2O4/c31-27(20-12-6-2-7-13-20)25-23-17-16-22(30(33)34)18-24(23)29(26(25)19-10-4-1-5-11-19)28(32)21-14-8-3-9-15-21/h1-18,33H/q-1. The summed E-state index contributed by atoms with van der Waals surface area (Å²) < 4.78 is 1.45. The van der Waals surface area contributed by atoms with Crippen molar-refractivity contribution in [1.29, 1.82) is 0 Å². The van der Waals surface area contributed by atoms with Gasteiger partial charge in [-0.15, -0.1) is 0 Å². The van der Waals surface area contributed by atoms with Crippen LogP contribution in [-0.2, 0) is 0 Å². The number of anilines is 1. The van der Waals surface area contributed by atoms with Crippen LogP contribution in [0.25, 0.3) is 22.2 Å². The molecule has 0 atom stereocenters. The van der Waals surface area contributed by atoms with Crippen molar-refractivity contribution >= 4 is 28.3 Å². The minimum Gasteiger partial charge on any atom is -0.733 e. The van der Waals surface area contributed by atoms with E-state index in [1.54, 1.807) is 54.6 Å². The molecule has 6 heteroatoms. The van der Waals surface area contributed by atoms with Gasteiger partial charge in [-0.1, -0.05) is 78.9 Å². The van der Waals surface area contributed by atoms with Crippen molar-refractivity contribution < 1.29 is 14.8 Å². The van der Waals surface area contributed by atoms with Crippen LogP contribution in [0.1, 0.15) is 26.3 Å². The molecule has 1 N–H and O–H groups in total. The smallest absolute Gasteiger partial charge is 0.262 e. The second-order valence-corrected chi connectivity index (χ2v) is 7.77. The molecule has 6 nitrogen and oxygen atoms in total. The molecule has 0 saturated carbocycles. The fourth-order valence-corrected chi connectivity index (χ4v) is 4.15. The molecule has 5 rings (SSSR count). The first-order chi connectivity index (χ1) is 16.6. The van der Waals surface area contributed by atoms with Crippen molar-refractivity contribution in [3.8, 4) is 11.3 Å². The maximum atomic E-state index is 13.8. The lowest BCUT2D eigenvalue weighted by molar-refractivity contribution is 0.0966. The number of nitrogens with zero attached hydrogens (tertiary/aromatic N) is 2. The number of hydrogen-bond acceptors (Lipinski definition) is 5. The van der Waals surface area contributed by atoms with E-state index in [0.29, 0.717) is 38.9 Å². The molecule has 1 heterocycles. The molecular weight excluding hydrogens is 428 g/mol. The third-order valence-corrected chi connectivity index (χ3v) is 5.71. The fourth-order valence-electron chi connectivity index (χ4n) is 4.15. The van der Waals surface area contributed by atoms with Crippen molar-refractivity contribution in [2.75, 3.05) is 5.23 Å². The Hall–Kier alpha value is -4.52. The monoisotopic (exact) mass is 447 g/mol. The van der Waals surface area contributed by atoms with Crippen LogP contribution in [0.2, 0.25) is 0 Å². The number of fused-ring (bicyclic) bond motifs is 1. The van der Waals surface area contributed by atoms with Crippen LogP contribution in [0.15, 0.2) is 109 Å². The summed E-state index contributed by atoms with van der Waals surface area (Å²) in [6.45, 7) is 0. The third-order valence-electron chi connectivity index (χ3n) is 5.71. The quantitative estimate of drug-likeness (QED) is 0.267. The molecule has 0 amide bonds. The van der Waals surface area contributed by atoms with Gasteiger partial charge in [-0.2, -0.15) is 0 Å². The molecule has 1 aromatic heterocycles. The Morgan fingerprint density at radius 1 is 0.735 bits per heavy atom. The molecule has 0 saturated heterocycles. The van der Waals surface area contributed by atoms with Crippen molar-refractivity contribution in [2.24, 2.45) is 0 Å². The molecule has 34 heavy (non-hydrogen) atoms. The summed E-state index contributed by atoms with van der Waals surface area (Å²) >= 11 is 0. The molecule has 0 aliphatic rings. The zero-order chi connectivity index (χ0) is 23.7. The van der Waals surface area contributed by atoms with E-state index in [1.807, 2.05) is 42.5 Å². The lowest BCUT2D eigenvalue weighted by Gasteiger charge is -2.21. The molecule has 166 valence electrons. The minimum atomic E-state index is -0.357. The predicted octanol–water partition coefficient (Wildman–Crippen LogP) is 5.92. The predicted molar refractivity (Wildman–Crippen MR) is 131 cm³/mol. The molecule has 0 aliphatic heterocycles. The molecule has 0 unspecified atom stereocenters. The molecule has 0 fully saturated rings. The summed E-state index contributed by atoms with van der Waals surface area (Å²) in [5, 5.41) is 21.4. The van der Waals surface area contributed by atoms with E-state index in [2.05, 4.69) is 0 Å². The van der Waals surface area contributed by atoms with Gasteiger partial charge in [-0.3, -0.25) is 19.4 Å². The summed E-state index contributed by atoms with van der Waals surface area (Å²) in [5.41, 5.74) is 2.63. The van der Waals surface area contributed by atoms with Crippen molar-refractivity contribution in [1.82, 2.24) is 4.57 Å². The summed E-state index contributed by atoms with van der Waals surface area (Å²) in [4.78, 5) is 27.6. The Labute approximate surface area is 195 Å². The maximum Gasteiger partial charge on any atom is 0.262 e. The van der Waals surface area contributed by atoms with Crippen LogP contribution in [0.4, 0.5) is 5.69 Å². The number of hydrogen-bond donors (Lipinski definition) is 1. The second kappa shape index (κ2) is 8.78. The van der Waals surface area contributed by atoms with E-state index in [9.17, 15) is 20.0 Å². The summed E-state index contributed by atoms with van der Waals surface area (Å²) in [5.74, 6) is -0.608. The van der Waals surface area contributed by atoms with E-state index >= 15 is 0 Å². The van der Waals surface area contributed by atoms with Gasteiger partial charge in [0.15, 0.2) is 5.78 Å². The van der Waals surface area contributed by atoms with Crippen molar-refractivity contribution in [3.05, 3.63) is 131 Å². The second-order valence-electron chi connectivity index (χ2n) is 7.77. The zero-order valence-electron chi connectivity index (χ0n) is 18.0. The summed E-state index contributed by atoms with van der Waals surface area (Å²) in [7, 11) is 0. The summed E-state index contributed by atoms with van der Waals surface area (Å²) in [6.07, 6.45) is 0. The number of carbonyl (C=O) groups excluding carboxylic acids is 2. The van der Waals surface area contributed by atoms with Gasteiger partial charge >= 0.3 is 0 Å². The first kappa shape index (κ1) is 21.3. The zero-order valence-corrected chi connectivity index (χ0v) is 18.0. The molecule has 4 aromatic carbocycles. The average Bonchev–Trinajstić information content (AvgIpc) is 3.23. The molecule has 0 spiro atoms. The first-order valence-electron chi connectivity index (χ1n) is 10.7. The van der Waals surface area contributed by atoms with Gasteiger partial charge in [-0.05, 0) is 35.9 Å². The van der Waals surface area contributed by atoms with Gasteiger partial charge in [0.1, 0.15) is 0 Å². The average molecular weight is 447 g/mol. The van der Waals surface area contributed by atoms with Gasteiger partial charge in [0.05, 0.1) is 22.5 Å². The Morgan fingerprint density at radius 3 is 1.88 bits per heavy atom. The van der Waals surface area contributed by atoms with E-state index < -0.39 is 0 Å². The van der Waals surface area contributed by atoms with Crippen molar-refractivity contribution in [3.63, 3.8) is 0 Å². The van der Waals surface area contributed by atoms with Gasteiger partial charge in [-0.25, -0.2) is 0 Å². The molecule has 0 bridgehead atoms. The number of benzene rings is 4. The van der Waals surface area contributed by atoms with Gasteiger partial charge < -0.3 is 10.4 Å². The van der Waals surface area contributed by atoms with Crippen LogP contribution in [0.3, 0.4) is 0 Å². The molecular formula is C28H19N2O4-. The van der Waals surface area contributed by atoms with E-state index in [0.717, 1.165) is 0 Å². The van der Waals surface area contributed by atoms with Crippen molar-refractivity contribution in [2.45, 2.75) is 0 Å². The lowest BCUT2D eigenvalue weighted by Crippen LogP contribution is -2.14. The number of aromatic nitrogens is 1. The van der Waals surface area contributed by atoms with Gasteiger partial charge in [0.25, 0.3) is 5.91 Å². The van der Waals surface area contributed by atoms with Crippen LogP contribution < -0.4 is 5.23 Å². The lowest BCUT2D eigenvalue weighted by atomic mass is 9.97. The van der Waals surface area contributed by atoms with Crippen LogP contribution in [-0.4, -0.2) is 21.5 Å². The van der Waals surface area contributed by atoms with E-state index in [4.69, 9.17) is 0 Å². The minimum absolute atomic E-state index is 0.0505. The molecule has 5 aromatic rings. The van der Waals surface area contributed by atoms with Crippen LogP contribution >= 0.6 is 0 Å². The highest BCUT2D eigenvalue weighted by atomic mass is 16.8. The highest BCUT2D eigenvalue weighted by molar-refractivity contribution is 6.23. The first-order valence-corrected chi connectivity index (χ1v) is 10.7. The number of carbonyl (C=O) groups is 2. The largest absolute Gasteiger partial charge is 0.733 e. The van der Waals surface area contributed by atoms with Gasteiger partial charge in [0, 0.05) is 16.5 Å². The molecule has 0 radical (unpaired) electrons. The van der Waals surface area contributed by atoms with Crippen LogP contribution in [0.5, 0.6) is 0 Å². The topological polar surface area (TPSA) is 85.6 Å². The number of rotatable bonds is 5. The maximum absolute atomic E-state index is 13.8. The molecule has 0 aliphatic carbocycles. The Bertz CT molecular complexity index is 1490. The fraction of sp³-hybridized carbons (Fsp3) is 0. The van der Waals surface area contributed by atoms with Crippen LogP contribution in [0, 0.1) is 5.21 Å². The Kier molecular flexibility index (Phi) is 5.51. The number of ketones is 1.